The summed E-state index contributed by atoms with van der Waals surface area (Å²) < 4.78 is 0. The molecular weight excluding hydrogens is 186 g/mol. The largest absolute Gasteiger partial charge is 0.400 e. The standard InChI is InChI=1S/C12H19N.CH4O/c1-3-10(2)12(13)9-11-7-5-4-6-8-11;1-2/h4-8,10,12H,3,9,13H2,1-2H3;2H,1H3/t10?,12-;/m0./s1. The number of hydrogen-bond donors (Lipinski definition) is 2. The molecule has 0 aliphatic heterocycles. The first-order valence-electron chi connectivity index (χ1n) is 5.48. The van der Waals surface area contributed by atoms with Gasteiger partial charge in [-0.15, -0.1) is 0 Å². The minimum absolute atomic E-state index is 0.299. The zero-order chi connectivity index (χ0) is 11.7. The monoisotopic (exact) mass is 209 g/mol. The fourth-order valence-corrected chi connectivity index (χ4v) is 1.39. The molecule has 15 heavy (non-hydrogen) atoms. The van der Waals surface area contributed by atoms with E-state index in [-0.39, 0.29) is 0 Å². The molecule has 0 heterocycles. The molecule has 0 aliphatic carbocycles. The molecule has 0 radical (unpaired) electrons. The van der Waals surface area contributed by atoms with Gasteiger partial charge in [0, 0.05) is 13.2 Å². The Balaban J connectivity index is 0.000000921. The summed E-state index contributed by atoms with van der Waals surface area (Å²) in [6.07, 6.45) is 2.16. The van der Waals surface area contributed by atoms with E-state index in [1.807, 2.05) is 6.07 Å². The van der Waals surface area contributed by atoms with Crippen LogP contribution >= 0.6 is 0 Å². The summed E-state index contributed by atoms with van der Waals surface area (Å²) in [5.41, 5.74) is 7.40. The summed E-state index contributed by atoms with van der Waals surface area (Å²) in [6.45, 7) is 4.41. The van der Waals surface area contributed by atoms with Crippen molar-refractivity contribution in [2.45, 2.75) is 32.7 Å². The second kappa shape index (κ2) is 8.45. The molecule has 0 spiro atoms. The maximum Gasteiger partial charge on any atom is 0.0319 e. The number of nitrogens with two attached hydrogens (primary N) is 1. The third kappa shape index (κ3) is 5.55. The van der Waals surface area contributed by atoms with Crippen LogP contribution < -0.4 is 5.73 Å². The highest BCUT2D eigenvalue weighted by Crippen LogP contribution is 2.11. The molecule has 3 N–H and O–H groups in total. The van der Waals surface area contributed by atoms with Crippen molar-refractivity contribution in [1.29, 1.82) is 0 Å². The van der Waals surface area contributed by atoms with Gasteiger partial charge in [-0.2, -0.15) is 0 Å². The molecule has 0 saturated heterocycles. The van der Waals surface area contributed by atoms with Crippen LogP contribution in [0.4, 0.5) is 0 Å². The Bertz CT molecular complexity index is 236. The van der Waals surface area contributed by atoms with Crippen molar-refractivity contribution in [1.82, 2.24) is 0 Å². The molecule has 1 rings (SSSR count). The normalized spacial score (nSPS) is 13.7. The first-order chi connectivity index (χ1) is 7.24. The van der Waals surface area contributed by atoms with Crippen molar-refractivity contribution in [3.63, 3.8) is 0 Å². The van der Waals surface area contributed by atoms with Gasteiger partial charge in [0.15, 0.2) is 0 Å². The topological polar surface area (TPSA) is 46.2 Å². The molecule has 0 fully saturated rings. The van der Waals surface area contributed by atoms with E-state index < -0.39 is 0 Å². The smallest absolute Gasteiger partial charge is 0.0319 e. The first-order valence-corrected chi connectivity index (χ1v) is 5.48. The van der Waals surface area contributed by atoms with E-state index in [1.54, 1.807) is 0 Å². The van der Waals surface area contributed by atoms with E-state index in [9.17, 15) is 0 Å². The molecule has 0 bridgehead atoms. The van der Waals surface area contributed by atoms with Crippen molar-refractivity contribution in [3.05, 3.63) is 35.9 Å². The molecule has 0 saturated carbocycles. The molecule has 0 amide bonds. The van der Waals surface area contributed by atoms with E-state index in [0.717, 1.165) is 20.0 Å². The SMILES string of the molecule is CCC(C)[C@@H](N)Cc1ccccc1.CO. The Hall–Kier alpha value is -0.860. The number of rotatable bonds is 4. The third-order valence-corrected chi connectivity index (χ3v) is 2.69. The van der Waals surface area contributed by atoms with Crippen LogP contribution in [0.3, 0.4) is 0 Å². The maximum atomic E-state index is 7.00. The molecule has 2 heteroatoms. The number of hydrogen-bond acceptors (Lipinski definition) is 2. The van der Waals surface area contributed by atoms with Crippen LogP contribution in [0.2, 0.25) is 0 Å². The summed E-state index contributed by atoms with van der Waals surface area (Å²) in [6, 6.07) is 10.8. The van der Waals surface area contributed by atoms with Gasteiger partial charge < -0.3 is 10.8 Å². The molecular formula is C13H23NO. The summed E-state index contributed by atoms with van der Waals surface area (Å²) in [5.74, 6) is 0.611. The van der Waals surface area contributed by atoms with E-state index >= 15 is 0 Å². The average Bonchev–Trinajstić information content (AvgIpc) is 2.32. The Kier molecular flexibility index (Phi) is 7.96. The molecule has 0 aliphatic rings. The lowest BCUT2D eigenvalue weighted by molar-refractivity contribution is 0.399. The van der Waals surface area contributed by atoms with Gasteiger partial charge in [0.2, 0.25) is 0 Å². The van der Waals surface area contributed by atoms with E-state index in [4.69, 9.17) is 10.8 Å². The number of benzene rings is 1. The van der Waals surface area contributed by atoms with Crippen LogP contribution in [0, 0.1) is 5.92 Å². The number of aliphatic hydroxyl groups is 1. The maximum absolute atomic E-state index is 7.00. The molecule has 1 aromatic carbocycles. The molecule has 0 aromatic heterocycles. The van der Waals surface area contributed by atoms with Gasteiger partial charge in [-0.05, 0) is 17.9 Å². The van der Waals surface area contributed by atoms with Crippen molar-refractivity contribution < 1.29 is 5.11 Å². The van der Waals surface area contributed by atoms with Crippen LogP contribution in [0.15, 0.2) is 30.3 Å². The van der Waals surface area contributed by atoms with Crippen LogP contribution in [0.25, 0.3) is 0 Å². The van der Waals surface area contributed by atoms with Gasteiger partial charge >= 0.3 is 0 Å². The highest BCUT2D eigenvalue weighted by Gasteiger charge is 2.10. The third-order valence-electron chi connectivity index (χ3n) is 2.69. The zero-order valence-corrected chi connectivity index (χ0v) is 9.98. The quantitative estimate of drug-likeness (QED) is 0.798. The van der Waals surface area contributed by atoms with Crippen molar-refractivity contribution in [3.8, 4) is 0 Å². The van der Waals surface area contributed by atoms with Crippen LogP contribution in [-0.2, 0) is 6.42 Å². The minimum Gasteiger partial charge on any atom is -0.400 e. The fourth-order valence-electron chi connectivity index (χ4n) is 1.39. The van der Waals surface area contributed by atoms with Gasteiger partial charge in [-0.25, -0.2) is 0 Å². The predicted octanol–water partition coefficient (Wildman–Crippen LogP) is 2.21. The summed E-state index contributed by atoms with van der Waals surface area (Å²) in [7, 11) is 1.00. The molecule has 2 atom stereocenters. The van der Waals surface area contributed by atoms with Crippen molar-refractivity contribution >= 4 is 0 Å². The average molecular weight is 209 g/mol. The first kappa shape index (κ1) is 14.1. The Morgan fingerprint density at radius 3 is 2.20 bits per heavy atom. The van der Waals surface area contributed by atoms with Crippen molar-refractivity contribution in [2.24, 2.45) is 11.7 Å². The number of aliphatic hydroxyl groups excluding tert-OH is 1. The minimum atomic E-state index is 0.299. The van der Waals surface area contributed by atoms with Crippen LogP contribution in [0.5, 0.6) is 0 Å². The van der Waals surface area contributed by atoms with Crippen LogP contribution in [-0.4, -0.2) is 18.3 Å². The second-order valence-electron chi connectivity index (χ2n) is 3.74. The van der Waals surface area contributed by atoms with Gasteiger partial charge in [0.25, 0.3) is 0 Å². The van der Waals surface area contributed by atoms with E-state index in [1.165, 1.54) is 5.56 Å². The Morgan fingerprint density at radius 1 is 1.20 bits per heavy atom. The van der Waals surface area contributed by atoms with E-state index in [2.05, 4.69) is 38.1 Å². The van der Waals surface area contributed by atoms with Gasteiger partial charge in [-0.3, -0.25) is 0 Å². The van der Waals surface area contributed by atoms with Crippen LogP contribution in [0.1, 0.15) is 25.8 Å². The predicted molar refractivity (Wildman–Crippen MR) is 65.7 cm³/mol. The molecule has 2 nitrogen and oxygen atoms in total. The summed E-state index contributed by atoms with van der Waals surface area (Å²) in [5, 5.41) is 7.00. The van der Waals surface area contributed by atoms with Gasteiger partial charge in [0.05, 0.1) is 0 Å². The highest BCUT2D eigenvalue weighted by molar-refractivity contribution is 5.15. The zero-order valence-electron chi connectivity index (χ0n) is 9.98. The highest BCUT2D eigenvalue weighted by atomic mass is 16.2. The second-order valence-corrected chi connectivity index (χ2v) is 3.74. The van der Waals surface area contributed by atoms with E-state index in [0.29, 0.717) is 12.0 Å². The lowest BCUT2D eigenvalue weighted by Gasteiger charge is -2.17. The Morgan fingerprint density at radius 2 is 1.73 bits per heavy atom. The molecule has 1 aromatic rings. The lowest BCUT2D eigenvalue weighted by Crippen LogP contribution is -2.30. The Labute approximate surface area is 93.1 Å². The van der Waals surface area contributed by atoms with Gasteiger partial charge in [0.1, 0.15) is 0 Å². The lowest BCUT2D eigenvalue weighted by atomic mass is 9.94. The summed E-state index contributed by atoms with van der Waals surface area (Å²) >= 11 is 0. The van der Waals surface area contributed by atoms with Gasteiger partial charge in [-0.1, -0.05) is 50.6 Å². The molecule has 86 valence electrons. The van der Waals surface area contributed by atoms with Crippen molar-refractivity contribution in [2.75, 3.05) is 7.11 Å². The molecule has 1 unspecified atom stereocenters. The fraction of sp³-hybridized carbons (Fsp3) is 0.538. The summed E-state index contributed by atoms with van der Waals surface area (Å²) in [4.78, 5) is 0.